The van der Waals surface area contributed by atoms with Crippen LogP contribution in [-0.4, -0.2) is 41.1 Å². The highest BCUT2D eigenvalue weighted by molar-refractivity contribution is 6.33. The van der Waals surface area contributed by atoms with Crippen LogP contribution < -0.4 is 5.32 Å². The smallest absolute Gasteiger partial charge is 0.410 e. The fourth-order valence-electron chi connectivity index (χ4n) is 2.78. The van der Waals surface area contributed by atoms with Crippen molar-refractivity contribution < 1.29 is 14.3 Å². The number of piperidine rings is 1. The number of rotatable bonds is 2. The summed E-state index contributed by atoms with van der Waals surface area (Å²) in [4.78, 5) is 26.4. The molecule has 2 amide bonds. The molecular formula is C19H27ClN2O3. The molecule has 0 bridgehead atoms. The van der Waals surface area contributed by atoms with Crippen molar-refractivity contribution in [2.45, 2.75) is 58.6 Å². The summed E-state index contributed by atoms with van der Waals surface area (Å²) in [5.74, 6) is -0.182. The number of halogens is 1. The summed E-state index contributed by atoms with van der Waals surface area (Å²) in [6.07, 6.45) is 1.03. The van der Waals surface area contributed by atoms with Gasteiger partial charge in [-0.1, -0.05) is 17.7 Å². The molecule has 1 aromatic carbocycles. The quantitative estimate of drug-likeness (QED) is 0.854. The molecule has 2 rings (SSSR count). The van der Waals surface area contributed by atoms with Gasteiger partial charge in [-0.05, 0) is 65.2 Å². The minimum atomic E-state index is -0.506. The lowest BCUT2D eigenvalue weighted by molar-refractivity contribution is 0.0160. The number of nitrogens with one attached hydrogen (secondary N) is 1. The van der Waals surface area contributed by atoms with E-state index in [0.29, 0.717) is 36.5 Å². The van der Waals surface area contributed by atoms with Gasteiger partial charge in [0.2, 0.25) is 0 Å². The predicted molar refractivity (Wildman–Crippen MR) is 99.1 cm³/mol. The highest BCUT2D eigenvalue weighted by Gasteiger charge is 2.35. The van der Waals surface area contributed by atoms with E-state index in [1.807, 2.05) is 40.7 Å². The van der Waals surface area contributed by atoms with Gasteiger partial charge in [0, 0.05) is 18.6 Å². The fraction of sp³-hybridized carbons (Fsp3) is 0.579. The van der Waals surface area contributed by atoms with Crippen molar-refractivity contribution in [3.8, 4) is 0 Å². The standard InChI is InChI=1S/C19H27ClN2O3/c1-13-6-7-14(15(20)12-13)16(23)21-19(5)8-10-22(11-9-19)17(24)25-18(2,3)4/h6-7,12H,8-11H2,1-5H3,(H,21,23). The van der Waals surface area contributed by atoms with Gasteiger partial charge in [0.15, 0.2) is 0 Å². The van der Waals surface area contributed by atoms with Gasteiger partial charge in [-0.3, -0.25) is 4.79 Å². The average molecular weight is 367 g/mol. The van der Waals surface area contributed by atoms with E-state index < -0.39 is 5.60 Å². The molecule has 138 valence electrons. The number of hydrogen-bond acceptors (Lipinski definition) is 3. The summed E-state index contributed by atoms with van der Waals surface area (Å²) in [7, 11) is 0. The lowest BCUT2D eigenvalue weighted by atomic mass is 9.89. The Morgan fingerprint density at radius 3 is 2.36 bits per heavy atom. The van der Waals surface area contributed by atoms with Gasteiger partial charge in [0.1, 0.15) is 5.60 Å². The van der Waals surface area contributed by atoms with Gasteiger partial charge in [0.05, 0.1) is 10.6 Å². The van der Waals surface area contributed by atoms with Crippen LogP contribution in [0.15, 0.2) is 18.2 Å². The SMILES string of the molecule is Cc1ccc(C(=O)NC2(C)CCN(C(=O)OC(C)(C)C)CC2)c(Cl)c1. The molecule has 1 N–H and O–H groups in total. The Hall–Kier alpha value is -1.75. The van der Waals surface area contributed by atoms with Crippen molar-refractivity contribution in [2.75, 3.05) is 13.1 Å². The second-order valence-corrected chi connectivity index (χ2v) is 8.37. The molecule has 25 heavy (non-hydrogen) atoms. The Labute approximate surface area is 154 Å². The van der Waals surface area contributed by atoms with Gasteiger partial charge < -0.3 is 15.0 Å². The van der Waals surface area contributed by atoms with Crippen molar-refractivity contribution in [3.63, 3.8) is 0 Å². The zero-order valence-electron chi connectivity index (χ0n) is 15.6. The van der Waals surface area contributed by atoms with E-state index in [4.69, 9.17) is 16.3 Å². The van der Waals surface area contributed by atoms with Gasteiger partial charge >= 0.3 is 6.09 Å². The van der Waals surface area contributed by atoms with Crippen LogP contribution in [0.4, 0.5) is 4.79 Å². The Bertz CT molecular complexity index is 659. The zero-order chi connectivity index (χ0) is 18.8. The molecule has 0 unspecified atom stereocenters. The van der Waals surface area contributed by atoms with Crippen molar-refractivity contribution in [1.29, 1.82) is 0 Å². The van der Waals surface area contributed by atoms with E-state index in [0.717, 1.165) is 5.56 Å². The molecule has 1 aliphatic rings. The summed E-state index contributed by atoms with van der Waals surface area (Å²) in [6, 6.07) is 5.39. The van der Waals surface area contributed by atoms with E-state index in [-0.39, 0.29) is 17.5 Å². The first kappa shape index (κ1) is 19.6. The number of ether oxygens (including phenoxy) is 1. The second-order valence-electron chi connectivity index (χ2n) is 7.97. The Morgan fingerprint density at radius 2 is 1.84 bits per heavy atom. The van der Waals surface area contributed by atoms with Gasteiger partial charge in [-0.25, -0.2) is 4.79 Å². The van der Waals surface area contributed by atoms with E-state index in [1.54, 1.807) is 17.0 Å². The maximum absolute atomic E-state index is 12.6. The Morgan fingerprint density at radius 1 is 1.24 bits per heavy atom. The Balaban J connectivity index is 1.96. The van der Waals surface area contributed by atoms with Crippen LogP contribution in [0.2, 0.25) is 5.02 Å². The molecule has 1 heterocycles. The van der Waals surface area contributed by atoms with Crippen LogP contribution in [0.3, 0.4) is 0 Å². The predicted octanol–water partition coefficient (Wildman–Crippen LogP) is 4.17. The first-order chi connectivity index (χ1) is 11.5. The molecule has 0 radical (unpaired) electrons. The van der Waals surface area contributed by atoms with Gasteiger partial charge in [0.25, 0.3) is 5.91 Å². The number of likely N-dealkylation sites (tertiary alicyclic amines) is 1. The first-order valence-electron chi connectivity index (χ1n) is 8.56. The van der Waals surface area contributed by atoms with Gasteiger partial charge in [-0.2, -0.15) is 0 Å². The number of amides is 2. The summed E-state index contributed by atoms with van der Waals surface area (Å²) in [5, 5.41) is 3.53. The number of hydrogen-bond donors (Lipinski definition) is 1. The second kappa shape index (κ2) is 7.24. The number of carbonyl (C=O) groups is 2. The summed E-state index contributed by atoms with van der Waals surface area (Å²) in [6.45, 7) is 10.6. The molecule has 1 saturated heterocycles. The molecule has 0 spiro atoms. The minimum Gasteiger partial charge on any atom is -0.444 e. The molecule has 0 saturated carbocycles. The normalized spacial score (nSPS) is 17.1. The van der Waals surface area contributed by atoms with Crippen LogP contribution in [0.5, 0.6) is 0 Å². The van der Waals surface area contributed by atoms with E-state index in [1.165, 1.54) is 0 Å². The van der Waals surface area contributed by atoms with Crippen LogP contribution in [0.1, 0.15) is 56.5 Å². The zero-order valence-corrected chi connectivity index (χ0v) is 16.4. The molecule has 0 atom stereocenters. The third-order valence-electron chi connectivity index (χ3n) is 4.30. The summed E-state index contributed by atoms with van der Waals surface area (Å²) >= 11 is 6.18. The van der Waals surface area contributed by atoms with Gasteiger partial charge in [-0.15, -0.1) is 0 Å². The lowest BCUT2D eigenvalue weighted by Gasteiger charge is -2.40. The molecule has 1 aliphatic heterocycles. The molecule has 0 aliphatic carbocycles. The number of benzene rings is 1. The van der Waals surface area contributed by atoms with Crippen LogP contribution in [0, 0.1) is 6.92 Å². The monoisotopic (exact) mass is 366 g/mol. The summed E-state index contributed by atoms with van der Waals surface area (Å²) in [5.41, 5.74) is 0.611. The lowest BCUT2D eigenvalue weighted by Crippen LogP contribution is -2.54. The van der Waals surface area contributed by atoms with E-state index in [2.05, 4.69) is 5.32 Å². The van der Waals surface area contributed by atoms with E-state index >= 15 is 0 Å². The fourth-order valence-corrected chi connectivity index (χ4v) is 3.10. The van der Waals surface area contributed by atoms with Crippen LogP contribution in [0.25, 0.3) is 0 Å². The molecule has 1 aromatic rings. The average Bonchev–Trinajstić information content (AvgIpc) is 2.45. The topological polar surface area (TPSA) is 58.6 Å². The van der Waals surface area contributed by atoms with Crippen molar-refractivity contribution >= 4 is 23.6 Å². The molecule has 0 aromatic heterocycles. The molecule has 5 nitrogen and oxygen atoms in total. The largest absolute Gasteiger partial charge is 0.444 e. The first-order valence-corrected chi connectivity index (χ1v) is 8.93. The highest BCUT2D eigenvalue weighted by Crippen LogP contribution is 2.25. The Kier molecular flexibility index (Phi) is 5.67. The minimum absolute atomic E-state index is 0.182. The number of aryl methyl sites for hydroxylation is 1. The van der Waals surface area contributed by atoms with E-state index in [9.17, 15) is 9.59 Å². The van der Waals surface area contributed by atoms with Crippen LogP contribution >= 0.6 is 11.6 Å². The molecule has 6 heteroatoms. The van der Waals surface area contributed by atoms with Crippen molar-refractivity contribution in [1.82, 2.24) is 10.2 Å². The van der Waals surface area contributed by atoms with Crippen LogP contribution in [-0.2, 0) is 4.74 Å². The maximum Gasteiger partial charge on any atom is 0.410 e. The molecular weight excluding hydrogens is 340 g/mol. The third-order valence-corrected chi connectivity index (χ3v) is 4.62. The molecule has 1 fully saturated rings. The van der Waals surface area contributed by atoms with Crippen molar-refractivity contribution in [2.24, 2.45) is 0 Å². The van der Waals surface area contributed by atoms with Crippen molar-refractivity contribution in [3.05, 3.63) is 34.3 Å². The number of carbonyl (C=O) groups excluding carboxylic acids is 2. The maximum atomic E-state index is 12.6. The summed E-state index contributed by atoms with van der Waals surface area (Å²) < 4.78 is 5.40. The highest BCUT2D eigenvalue weighted by atomic mass is 35.5. The number of nitrogens with zero attached hydrogens (tertiary/aromatic N) is 1. The third kappa shape index (κ3) is 5.36.